The van der Waals surface area contributed by atoms with Gasteiger partial charge >= 0.3 is 0 Å². The number of hydrogen-bond acceptors (Lipinski definition) is 4. The first-order valence-electron chi connectivity index (χ1n) is 3.72. The van der Waals surface area contributed by atoms with Crippen LogP contribution in [-0.4, -0.2) is 49.2 Å². The van der Waals surface area contributed by atoms with Crippen LogP contribution in [0.5, 0.6) is 0 Å². The Morgan fingerprint density at radius 3 is 2.55 bits per heavy atom. The van der Waals surface area contributed by atoms with E-state index in [2.05, 4.69) is 5.32 Å². The van der Waals surface area contributed by atoms with Gasteiger partial charge in [0.25, 0.3) is 0 Å². The van der Waals surface area contributed by atoms with Gasteiger partial charge in [-0.3, -0.25) is 0 Å². The van der Waals surface area contributed by atoms with Crippen molar-refractivity contribution in [1.29, 1.82) is 0 Å². The first-order valence-corrected chi connectivity index (χ1v) is 3.72. The molecule has 3 N–H and O–H groups in total. The van der Waals surface area contributed by atoms with Gasteiger partial charge in [0.1, 0.15) is 0 Å². The molecule has 0 fully saturated rings. The molecule has 0 aromatic rings. The first kappa shape index (κ1) is 10.8. The van der Waals surface area contributed by atoms with Crippen molar-refractivity contribution in [3.63, 3.8) is 0 Å². The minimum Gasteiger partial charge on any atom is -0.395 e. The summed E-state index contributed by atoms with van der Waals surface area (Å²) >= 11 is 0. The Morgan fingerprint density at radius 1 is 1.55 bits per heavy atom. The summed E-state index contributed by atoms with van der Waals surface area (Å²) in [5.41, 5.74) is 0. The van der Waals surface area contributed by atoms with Gasteiger partial charge in [-0.15, -0.1) is 0 Å². The molecular formula is C7H17NO3. The molecule has 2 atom stereocenters. The normalized spacial score (nSPS) is 16.4. The largest absolute Gasteiger partial charge is 0.395 e. The predicted octanol–water partition coefficient (Wildman–Crippen LogP) is -1.04. The molecule has 4 heteroatoms. The highest BCUT2D eigenvalue weighted by Crippen LogP contribution is 1.84. The fourth-order valence-corrected chi connectivity index (χ4v) is 0.715. The summed E-state index contributed by atoms with van der Waals surface area (Å²) in [6.45, 7) is 2.66. The van der Waals surface area contributed by atoms with E-state index in [-0.39, 0.29) is 18.8 Å². The van der Waals surface area contributed by atoms with Gasteiger partial charge in [0.2, 0.25) is 0 Å². The summed E-state index contributed by atoms with van der Waals surface area (Å²) in [4.78, 5) is 0. The minimum atomic E-state index is -0.388. The van der Waals surface area contributed by atoms with E-state index < -0.39 is 0 Å². The van der Waals surface area contributed by atoms with Gasteiger partial charge in [-0.25, -0.2) is 0 Å². The van der Waals surface area contributed by atoms with Gasteiger partial charge in [0.15, 0.2) is 0 Å². The molecule has 0 aromatic carbocycles. The maximum Gasteiger partial charge on any atom is 0.0638 e. The lowest BCUT2D eigenvalue weighted by Crippen LogP contribution is -2.40. The van der Waals surface area contributed by atoms with E-state index in [9.17, 15) is 0 Å². The van der Waals surface area contributed by atoms with Crippen LogP contribution in [0.2, 0.25) is 0 Å². The van der Waals surface area contributed by atoms with Crippen molar-refractivity contribution < 1.29 is 14.9 Å². The summed E-state index contributed by atoms with van der Waals surface area (Å²) in [5, 5.41) is 20.6. The average Bonchev–Trinajstić information content (AvgIpc) is 1.97. The van der Waals surface area contributed by atoms with Crippen LogP contribution in [0.15, 0.2) is 0 Å². The summed E-state index contributed by atoms with van der Waals surface area (Å²) in [7, 11) is 1.58. The number of nitrogens with one attached hydrogen (secondary N) is 1. The third kappa shape index (κ3) is 6.25. The molecule has 0 saturated carbocycles. The van der Waals surface area contributed by atoms with Crippen molar-refractivity contribution >= 4 is 0 Å². The van der Waals surface area contributed by atoms with Crippen LogP contribution >= 0.6 is 0 Å². The van der Waals surface area contributed by atoms with Crippen LogP contribution in [0.1, 0.15) is 6.92 Å². The molecule has 0 aliphatic heterocycles. The zero-order valence-electron chi connectivity index (χ0n) is 7.08. The Balaban J connectivity index is 3.35. The SMILES string of the molecule is COCC(CO)NC[C@H](C)O. The molecule has 0 radical (unpaired) electrons. The molecular weight excluding hydrogens is 146 g/mol. The zero-order valence-corrected chi connectivity index (χ0v) is 7.08. The second-order valence-corrected chi connectivity index (χ2v) is 2.59. The van der Waals surface area contributed by atoms with Gasteiger partial charge in [-0.1, -0.05) is 0 Å². The number of aliphatic hydroxyl groups excluding tert-OH is 2. The maximum atomic E-state index is 8.88. The van der Waals surface area contributed by atoms with E-state index in [1.165, 1.54) is 0 Å². The van der Waals surface area contributed by atoms with Crippen molar-refractivity contribution in [2.75, 3.05) is 26.9 Å². The second kappa shape index (κ2) is 6.54. The van der Waals surface area contributed by atoms with Gasteiger partial charge in [-0.2, -0.15) is 0 Å². The smallest absolute Gasteiger partial charge is 0.0638 e. The minimum absolute atomic E-state index is 0.0283. The van der Waals surface area contributed by atoms with Crippen molar-refractivity contribution in [2.45, 2.75) is 19.1 Å². The zero-order chi connectivity index (χ0) is 8.69. The van der Waals surface area contributed by atoms with Gasteiger partial charge < -0.3 is 20.3 Å². The van der Waals surface area contributed by atoms with Crippen LogP contribution in [0.3, 0.4) is 0 Å². The molecule has 0 heterocycles. The monoisotopic (exact) mass is 163 g/mol. The molecule has 0 aliphatic rings. The highest BCUT2D eigenvalue weighted by molar-refractivity contribution is 4.65. The maximum absolute atomic E-state index is 8.88. The summed E-state index contributed by atoms with van der Waals surface area (Å²) < 4.78 is 4.82. The van der Waals surface area contributed by atoms with E-state index in [0.29, 0.717) is 13.2 Å². The number of hydrogen-bond donors (Lipinski definition) is 3. The lowest BCUT2D eigenvalue weighted by atomic mass is 10.3. The fraction of sp³-hybridized carbons (Fsp3) is 1.00. The van der Waals surface area contributed by atoms with Crippen LogP contribution < -0.4 is 5.32 Å². The molecule has 0 spiro atoms. The summed E-state index contributed by atoms with van der Waals surface area (Å²) in [6, 6.07) is -0.0744. The molecule has 68 valence electrons. The van der Waals surface area contributed by atoms with E-state index >= 15 is 0 Å². The van der Waals surface area contributed by atoms with Crippen LogP contribution in [-0.2, 0) is 4.74 Å². The number of ether oxygens (including phenoxy) is 1. The number of aliphatic hydroxyl groups is 2. The van der Waals surface area contributed by atoms with Gasteiger partial charge in [0, 0.05) is 13.7 Å². The van der Waals surface area contributed by atoms with Crippen molar-refractivity contribution in [1.82, 2.24) is 5.32 Å². The third-order valence-corrected chi connectivity index (χ3v) is 1.29. The van der Waals surface area contributed by atoms with Crippen LogP contribution in [0, 0.1) is 0 Å². The molecule has 0 amide bonds. The van der Waals surface area contributed by atoms with E-state index in [1.54, 1.807) is 14.0 Å². The lowest BCUT2D eigenvalue weighted by Gasteiger charge is -2.15. The van der Waals surface area contributed by atoms with Gasteiger partial charge in [-0.05, 0) is 6.92 Å². The quantitative estimate of drug-likeness (QED) is 0.468. The standard InChI is InChI=1S/C7H17NO3/c1-6(10)3-8-7(4-9)5-11-2/h6-10H,3-5H2,1-2H3/t6-,7?/m0/s1. The molecule has 11 heavy (non-hydrogen) atoms. The molecule has 0 bridgehead atoms. The molecule has 0 saturated heterocycles. The van der Waals surface area contributed by atoms with Crippen LogP contribution in [0.4, 0.5) is 0 Å². The highest BCUT2D eigenvalue weighted by atomic mass is 16.5. The molecule has 0 aliphatic carbocycles. The van der Waals surface area contributed by atoms with E-state index in [1.807, 2.05) is 0 Å². The number of rotatable bonds is 6. The summed E-state index contributed by atoms with van der Waals surface area (Å²) in [6.07, 6.45) is -0.388. The lowest BCUT2D eigenvalue weighted by molar-refractivity contribution is 0.115. The molecule has 1 unspecified atom stereocenters. The Morgan fingerprint density at radius 2 is 2.18 bits per heavy atom. The number of methoxy groups -OCH3 is 1. The van der Waals surface area contributed by atoms with Crippen LogP contribution in [0.25, 0.3) is 0 Å². The third-order valence-electron chi connectivity index (χ3n) is 1.29. The molecule has 0 aromatic heterocycles. The first-order chi connectivity index (χ1) is 5.20. The van der Waals surface area contributed by atoms with Crippen molar-refractivity contribution in [3.8, 4) is 0 Å². The highest BCUT2D eigenvalue weighted by Gasteiger charge is 2.06. The Hall–Kier alpha value is -0.160. The summed E-state index contributed by atoms with van der Waals surface area (Å²) in [5.74, 6) is 0. The van der Waals surface area contributed by atoms with E-state index in [4.69, 9.17) is 14.9 Å². The Labute approximate surface area is 67.2 Å². The molecule has 4 nitrogen and oxygen atoms in total. The second-order valence-electron chi connectivity index (χ2n) is 2.59. The average molecular weight is 163 g/mol. The van der Waals surface area contributed by atoms with E-state index in [0.717, 1.165) is 0 Å². The van der Waals surface area contributed by atoms with Gasteiger partial charge in [0.05, 0.1) is 25.4 Å². The predicted molar refractivity (Wildman–Crippen MR) is 42.4 cm³/mol. The molecule has 0 rings (SSSR count). The van der Waals surface area contributed by atoms with Crippen molar-refractivity contribution in [3.05, 3.63) is 0 Å². The van der Waals surface area contributed by atoms with Crippen molar-refractivity contribution in [2.24, 2.45) is 0 Å². The topological polar surface area (TPSA) is 61.7 Å². The fourth-order valence-electron chi connectivity index (χ4n) is 0.715. The Bertz CT molecular complexity index is 87.8. The Kier molecular flexibility index (Phi) is 6.45.